The Morgan fingerprint density at radius 3 is 2.77 bits per heavy atom. The Labute approximate surface area is 131 Å². The summed E-state index contributed by atoms with van der Waals surface area (Å²) in [6.45, 7) is 1.60. The van der Waals surface area contributed by atoms with Gasteiger partial charge >= 0.3 is 6.18 Å². The molecule has 3 rings (SSSR count). The van der Waals surface area contributed by atoms with E-state index in [1.807, 2.05) is 0 Å². The zero-order valence-corrected chi connectivity index (χ0v) is 12.9. The number of halogens is 3. The van der Waals surface area contributed by atoms with Crippen molar-refractivity contribution in [1.29, 1.82) is 0 Å². The van der Waals surface area contributed by atoms with Crippen molar-refractivity contribution in [3.05, 3.63) is 21.9 Å². The molecular weight excluding hydrogens is 315 g/mol. The second kappa shape index (κ2) is 5.85. The molecule has 3 nitrogen and oxygen atoms in total. The van der Waals surface area contributed by atoms with Crippen LogP contribution in [0.5, 0.6) is 0 Å². The first-order chi connectivity index (χ1) is 10.4. The van der Waals surface area contributed by atoms with Crippen molar-refractivity contribution < 1.29 is 22.7 Å². The molecule has 1 saturated heterocycles. The Balaban J connectivity index is 1.61. The van der Waals surface area contributed by atoms with Crippen LogP contribution in [0, 0.1) is 0 Å². The summed E-state index contributed by atoms with van der Waals surface area (Å²) < 4.78 is 42.6. The van der Waals surface area contributed by atoms with Gasteiger partial charge in [0.2, 0.25) is 5.91 Å². The van der Waals surface area contributed by atoms with Crippen LogP contribution < -0.4 is 0 Å². The van der Waals surface area contributed by atoms with Crippen LogP contribution in [-0.4, -0.2) is 36.7 Å². The van der Waals surface area contributed by atoms with E-state index in [4.69, 9.17) is 4.74 Å². The Morgan fingerprint density at radius 2 is 2.09 bits per heavy atom. The molecule has 0 aromatic carbocycles. The molecule has 0 unspecified atom stereocenters. The van der Waals surface area contributed by atoms with Crippen LogP contribution in [0.4, 0.5) is 13.2 Å². The van der Waals surface area contributed by atoms with Gasteiger partial charge in [-0.2, -0.15) is 13.2 Å². The number of piperidine rings is 1. The third kappa shape index (κ3) is 3.15. The average Bonchev–Trinajstić information content (AvgIpc) is 2.95. The van der Waals surface area contributed by atoms with Gasteiger partial charge in [0.15, 0.2) is 0 Å². The zero-order chi connectivity index (χ0) is 15.8. The zero-order valence-electron chi connectivity index (χ0n) is 12.1. The molecule has 1 aromatic heterocycles. The second-order valence-corrected chi connectivity index (χ2v) is 6.85. The molecule has 0 aliphatic carbocycles. The Hall–Kier alpha value is -1.08. The predicted octanol–water partition coefficient (Wildman–Crippen LogP) is 3.48. The molecule has 1 spiro atoms. The fourth-order valence-electron chi connectivity index (χ4n) is 3.29. The van der Waals surface area contributed by atoms with Crippen LogP contribution in [0.2, 0.25) is 0 Å². The van der Waals surface area contributed by atoms with Gasteiger partial charge in [0.25, 0.3) is 0 Å². The first-order valence-electron chi connectivity index (χ1n) is 7.45. The van der Waals surface area contributed by atoms with Crippen LogP contribution in [0.1, 0.15) is 36.1 Å². The summed E-state index contributed by atoms with van der Waals surface area (Å²) in [6, 6.07) is 2.08. The normalized spacial score (nSPS) is 21.0. The quantitative estimate of drug-likeness (QED) is 0.829. The Bertz CT molecular complexity index is 547. The minimum Gasteiger partial charge on any atom is -0.370 e. The summed E-state index contributed by atoms with van der Waals surface area (Å²) in [7, 11) is 0. The monoisotopic (exact) mass is 333 g/mol. The highest BCUT2D eigenvalue weighted by atomic mass is 32.1. The lowest BCUT2D eigenvalue weighted by molar-refractivity contribution is -0.153. The number of likely N-dealkylation sites (tertiary alicyclic amines) is 1. The second-order valence-electron chi connectivity index (χ2n) is 5.85. The van der Waals surface area contributed by atoms with Gasteiger partial charge in [0.1, 0.15) is 0 Å². The van der Waals surface area contributed by atoms with Gasteiger partial charge in [-0.05, 0) is 29.9 Å². The topological polar surface area (TPSA) is 29.5 Å². The molecule has 2 aliphatic rings. The van der Waals surface area contributed by atoms with Gasteiger partial charge in [0, 0.05) is 30.8 Å². The SMILES string of the molecule is O=C(CCC(F)(F)F)N1CCC2(CC1)OCCc1sccc12. The third-order valence-corrected chi connectivity index (χ3v) is 5.47. The summed E-state index contributed by atoms with van der Waals surface area (Å²) in [5.41, 5.74) is 0.875. The number of hydrogen-bond donors (Lipinski definition) is 0. The summed E-state index contributed by atoms with van der Waals surface area (Å²) in [5.74, 6) is -0.409. The number of carbonyl (C=O) groups excluding carboxylic acids is 1. The number of hydrogen-bond acceptors (Lipinski definition) is 3. The molecule has 2 aliphatic heterocycles. The highest BCUT2D eigenvalue weighted by molar-refractivity contribution is 7.10. The minimum atomic E-state index is -4.27. The van der Waals surface area contributed by atoms with Crippen LogP contribution in [-0.2, 0) is 21.6 Å². The van der Waals surface area contributed by atoms with E-state index in [2.05, 4.69) is 11.4 Å². The Morgan fingerprint density at radius 1 is 1.36 bits per heavy atom. The van der Waals surface area contributed by atoms with Crippen LogP contribution >= 0.6 is 11.3 Å². The van der Waals surface area contributed by atoms with E-state index in [0.29, 0.717) is 32.5 Å². The van der Waals surface area contributed by atoms with E-state index in [0.717, 1.165) is 6.42 Å². The van der Waals surface area contributed by atoms with E-state index in [-0.39, 0.29) is 5.60 Å². The first kappa shape index (κ1) is 15.8. The van der Waals surface area contributed by atoms with Crippen molar-refractivity contribution in [3.63, 3.8) is 0 Å². The third-order valence-electron chi connectivity index (χ3n) is 4.49. The summed E-state index contributed by atoms with van der Waals surface area (Å²) in [5, 5.41) is 2.06. The van der Waals surface area contributed by atoms with E-state index in [9.17, 15) is 18.0 Å². The molecule has 122 valence electrons. The van der Waals surface area contributed by atoms with Gasteiger partial charge in [-0.3, -0.25) is 4.79 Å². The van der Waals surface area contributed by atoms with Gasteiger partial charge < -0.3 is 9.64 Å². The molecule has 1 amide bonds. The molecule has 1 aromatic rings. The number of fused-ring (bicyclic) bond motifs is 2. The standard InChI is InChI=1S/C15H18F3NO2S/c16-15(17,18)4-1-13(20)19-7-5-14(6-8-19)11-3-10-22-12(11)2-9-21-14/h3,10H,1-2,4-9H2. The fourth-order valence-corrected chi connectivity index (χ4v) is 4.25. The maximum absolute atomic E-state index is 12.2. The lowest BCUT2D eigenvalue weighted by Crippen LogP contribution is -2.48. The summed E-state index contributed by atoms with van der Waals surface area (Å²) in [6.07, 6.45) is -3.53. The van der Waals surface area contributed by atoms with Gasteiger partial charge in [-0.15, -0.1) is 11.3 Å². The number of carbonyl (C=O) groups is 1. The van der Waals surface area contributed by atoms with Crippen molar-refractivity contribution in [3.8, 4) is 0 Å². The number of rotatable bonds is 2. The van der Waals surface area contributed by atoms with Gasteiger partial charge in [0.05, 0.1) is 18.6 Å². The van der Waals surface area contributed by atoms with Crippen molar-refractivity contribution in [2.75, 3.05) is 19.7 Å². The molecule has 0 N–H and O–H groups in total. The highest BCUT2D eigenvalue weighted by Crippen LogP contribution is 2.43. The molecule has 0 saturated carbocycles. The number of alkyl halides is 3. The Kier molecular flexibility index (Phi) is 4.20. The average molecular weight is 333 g/mol. The smallest absolute Gasteiger partial charge is 0.370 e. The van der Waals surface area contributed by atoms with Gasteiger partial charge in [-0.25, -0.2) is 0 Å². The minimum absolute atomic E-state index is 0.339. The maximum atomic E-state index is 12.2. The summed E-state index contributed by atoms with van der Waals surface area (Å²) >= 11 is 1.73. The van der Waals surface area contributed by atoms with E-state index >= 15 is 0 Å². The fraction of sp³-hybridized carbons (Fsp3) is 0.667. The van der Waals surface area contributed by atoms with Crippen molar-refractivity contribution in [1.82, 2.24) is 4.90 Å². The molecular formula is C15H18F3NO2S. The molecule has 7 heteroatoms. The lowest BCUT2D eigenvalue weighted by Gasteiger charge is -2.44. The largest absolute Gasteiger partial charge is 0.389 e. The van der Waals surface area contributed by atoms with Crippen molar-refractivity contribution >= 4 is 17.2 Å². The highest BCUT2D eigenvalue weighted by Gasteiger charge is 2.42. The van der Waals surface area contributed by atoms with Crippen LogP contribution in [0.3, 0.4) is 0 Å². The molecule has 0 radical (unpaired) electrons. The molecule has 0 atom stereocenters. The van der Waals surface area contributed by atoms with Crippen molar-refractivity contribution in [2.45, 2.75) is 43.9 Å². The van der Waals surface area contributed by atoms with E-state index in [1.54, 1.807) is 16.2 Å². The van der Waals surface area contributed by atoms with E-state index in [1.165, 1.54) is 10.4 Å². The van der Waals surface area contributed by atoms with Gasteiger partial charge in [-0.1, -0.05) is 0 Å². The first-order valence-corrected chi connectivity index (χ1v) is 8.33. The maximum Gasteiger partial charge on any atom is 0.389 e. The number of amides is 1. The number of thiophene rings is 1. The van der Waals surface area contributed by atoms with Crippen LogP contribution in [0.15, 0.2) is 11.4 Å². The molecule has 1 fully saturated rings. The van der Waals surface area contributed by atoms with E-state index < -0.39 is 24.9 Å². The summed E-state index contributed by atoms with van der Waals surface area (Å²) in [4.78, 5) is 14.8. The lowest BCUT2D eigenvalue weighted by atomic mass is 9.82. The molecule has 22 heavy (non-hydrogen) atoms. The van der Waals surface area contributed by atoms with Crippen LogP contribution in [0.25, 0.3) is 0 Å². The number of nitrogens with zero attached hydrogens (tertiary/aromatic N) is 1. The molecule has 0 bridgehead atoms. The molecule has 3 heterocycles. The number of ether oxygens (including phenoxy) is 1. The van der Waals surface area contributed by atoms with Crippen molar-refractivity contribution in [2.24, 2.45) is 0 Å². The predicted molar refractivity (Wildman–Crippen MR) is 76.8 cm³/mol.